The summed E-state index contributed by atoms with van der Waals surface area (Å²) in [7, 11) is 9.40. The second-order valence-corrected chi connectivity index (χ2v) is 8.89. The number of pyridine rings is 2. The Balaban J connectivity index is 0.000000730. The van der Waals surface area contributed by atoms with E-state index in [0.717, 1.165) is 33.2 Å². The van der Waals surface area contributed by atoms with Crippen LogP contribution in [0.5, 0.6) is 0 Å². The van der Waals surface area contributed by atoms with Crippen molar-refractivity contribution in [2.75, 3.05) is 0 Å². The molecule has 0 saturated heterocycles. The van der Waals surface area contributed by atoms with E-state index in [0.29, 0.717) is 12.7 Å². The SMILES string of the molecule is Cc1cc(-c2ccccc2)c2ccc3c(-c4ccccc4)cc(C)nc3c2n1.[Cl][Ni][Cl]. The van der Waals surface area contributed by atoms with Crippen molar-refractivity contribution >= 4 is 42.2 Å². The number of benzene rings is 3. The number of nitrogens with zero attached hydrogens (tertiary/aromatic N) is 2. The number of rotatable bonds is 2. The fraction of sp³-hybridized carbons (Fsp3) is 0.0769. The molecule has 0 aliphatic carbocycles. The Labute approximate surface area is 196 Å². The van der Waals surface area contributed by atoms with E-state index in [1.807, 2.05) is 12.1 Å². The molecule has 5 aromatic rings. The normalized spacial score (nSPS) is 10.8. The van der Waals surface area contributed by atoms with Gasteiger partial charge in [0.25, 0.3) is 0 Å². The molecular weight excluding hydrogens is 470 g/mol. The molecule has 0 unspecified atom stereocenters. The van der Waals surface area contributed by atoms with Crippen LogP contribution in [0.2, 0.25) is 0 Å². The zero-order chi connectivity index (χ0) is 21.8. The second kappa shape index (κ2) is 9.79. The maximum atomic E-state index is 4.90. The molecule has 2 heterocycles. The molecule has 0 N–H and O–H groups in total. The van der Waals surface area contributed by atoms with Gasteiger partial charge in [0.2, 0.25) is 0 Å². The van der Waals surface area contributed by atoms with E-state index in [9.17, 15) is 0 Å². The van der Waals surface area contributed by atoms with E-state index < -0.39 is 0 Å². The van der Waals surface area contributed by atoms with Crippen molar-refractivity contribution in [3.63, 3.8) is 0 Å². The molecule has 0 bridgehead atoms. The van der Waals surface area contributed by atoms with E-state index in [2.05, 4.69) is 86.6 Å². The molecule has 0 spiro atoms. The Kier molecular flexibility index (Phi) is 6.87. The molecule has 2 aromatic heterocycles. The molecule has 5 rings (SSSR count). The van der Waals surface area contributed by atoms with E-state index in [1.54, 1.807) is 0 Å². The van der Waals surface area contributed by atoms with Gasteiger partial charge in [0.1, 0.15) is 0 Å². The van der Waals surface area contributed by atoms with Crippen LogP contribution in [0.1, 0.15) is 11.4 Å². The van der Waals surface area contributed by atoms with Gasteiger partial charge in [-0.2, -0.15) is 0 Å². The van der Waals surface area contributed by atoms with Crippen LogP contribution in [0, 0.1) is 13.8 Å². The summed E-state index contributed by atoms with van der Waals surface area (Å²) >= 11 is 0.569. The van der Waals surface area contributed by atoms with Crippen molar-refractivity contribution in [2.24, 2.45) is 0 Å². The Morgan fingerprint density at radius 2 is 0.935 bits per heavy atom. The van der Waals surface area contributed by atoms with Crippen LogP contribution in [0.3, 0.4) is 0 Å². The summed E-state index contributed by atoms with van der Waals surface area (Å²) in [5.74, 6) is 0. The molecule has 2 nitrogen and oxygen atoms in total. The van der Waals surface area contributed by atoms with Crippen LogP contribution in [0.15, 0.2) is 84.9 Å². The predicted molar refractivity (Wildman–Crippen MR) is 129 cm³/mol. The average molecular weight is 490 g/mol. The average Bonchev–Trinajstić information content (AvgIpc) is 2.80. The van der Waals surface area contributed by atoms with Gasteiger partial charge in [-0.25, -0.2) is 0 Å². The zero-order valence-corrected chi connectivity index (χ0v) is 19.5. The zero-order valence-electron chi connectivity index (χ0n) is 17.0. The monoisotopic (exact) mass is 488 g/mol. The van der Waals surface area contributed by atoms with Crippen LogP contribution < -0.4 is 0 Å². The van der Waals surface area contributed by atoms with Crippen LogP contribution in [0.25, 0.3) is 44.1 Å². The van der Waals surface area contributed by atoms with Crippen LogP contribution >= 0.6 is 20.4 Å². The number of aromatic nitrogens is 2. The van der Waals surface area contributed by atoms with Gasteiger partial charge in [-0.1, -0.05) is 72.8 Å². The van der Waals surface area contributed by atoms with E-state index >= 15 is 0 Å². The molecule has 158 valence electrons. The molecule has 0 aliphatic heterocycles. The maximum absolute atomic E-state index is 4.90. The third-order valence-electron chi connectivity index (χ3n) is 5.18. The third kappa shape index (κ3) is 4.60. The van der Waals surface area contributed by atoms with Crippen LogP contribution in [-0.2, 0) is 12.7 Å². The van der Waals surface area contributed by atoms with Gasteiger partial charge in [0, 0.05) is 22.2 Å². The predicted octanol–water partition coefficient (Wildman–Crippen LogP) is 8.11. The first-order chi connectivity index (χ1) is 15.1. The van der Waals surface area contributed by atoms with E-state index in [1.165, 1.54) is 22.3 Å². The Bertz CT molecular complexity index is 1240. The molecule has 0 radical (unpaired) electrons. The molecule has 31 heavy (non-hydrogen) atoms. The number of hydrogen-bond acceptors (Lipinski definition) is 2. The molecule has 0 aliphatic rings. The van der Waals surface area contributed by atoms with Gasteiger partial charge in [0.05, 0.1) is 11.0 Å². The summed E-state index contributed by atoms with van der Waals surface area (Å²) in [6.45, 7) is 4.11. The number of fused-ring (bicyclic) bond motifs is 3. The van der Waals surface area contributed by atoms with Crippen LogP contribution in [0.4, 0.5) is 0 Å². The molecule has 5 heteroatoms. The topological polar surface area (TPSA) is 25.8 Å². The molecule has 0 saturated carbocycles. The van der Waals surface area contributed by atoms with Crippen molar-refractivity contribution < 1.29 is 12.7 Å². The number of hydrogen-bond donors (Lipinski definition) is 0. The summed E-state index contributed by atoms with van der Waals surface area (Å²) in [6, 6.07) is 29.7. The standard InChI is InChI=1S/C26H20N2.2ClH.Ni/c1-17-15-23(19-9-5-3-6-10-19)21-13-14-22-24(20-11-7-4-8-12-20)16-18(2)28-26(22)25(21)27-17;;;/h3-16H,1-2H3;2*1H;/q;;;+2/p-2. The Hall–Kier alpha value is -2.45. The minimum atomic E-state index is 0.569. The van der Waals surface area contributed by atoms with Crippen LogP contribution in [-0.4, -0.2) is 9.97 Å². The van der Waals surface area contributed by atoms with Gasteiger partial charge in [0.15, 0.2) is 0 Å². The fourth-order valence-electron chi connectivity index (χ4n) is 3.94. The van der Waals surface area contributed by atoms with Crippen molar-refractivity contribution in [1.82, 2.24) is 9.97 Å². The van der Waals surface area contributed by atoms with Crippen molar-refractivity contribution in [1.29, 1.82) is 0 Å². The Morgan fingerprint density at radius 3 is 1.29 bits per heavy atom. The summed E-state index contributed by atoms with van der Waals surface area (Å²) in [5, 5.41) is 2.28. The minimum absolute atomic E-state index is 0.569. The number of aryl methyl sites for hydroxylation is 2. The first-order valence-electron chi connectivity index (χ1n) is 9.77. The molecule has 0 amide bonds. The van der Waals surface area contributed by atoms with Gasteiger partial charge in [-0.05, 0) is 48.2 Å². The van der Waals surface area contributed by atoms with Crippen molar-refractivity contribution in [3.8, 4) is 22.3 Å². The third-order valence-corrected chi connectivity index (χ3v) is 5.18. The van der Waals surface area contributed by atoms with Gasteiger partial charge in [-0.3, -0.25) is 9.97 Å². The number of halogens is 2. The van der Waals surface area contributed by atoms with E-state index in [4.69, 9.17) is 30.4 Å². The van der Waals surface area contributed by atoms with Gasteiger partial charge in [-0.15, -0.1) is 0 Å². The van der Waals surface area contributed by atoms with Gasteiger partial charge >= 0.3 is 33.0 Å². The van der Waals surface area contributed by atoms with Gasteiger partial charge < -0.3 is 0 Å². The summed E-state index contributed by atoms with van der Waals surface area (Å²) in [4.78, 5) is 9.81. The Morgan fingerprint density at radius 1 is 0.581 bits per heavy atom. The summed E-state index contributed by atoms with van der Waals surface area (Å²) < 4.78 is 0. The quantitative estimate of drug-likeness (QED) is 0.185. The van der Waals surface area contributed by atoms with E-state index in [-0.39, 0.29) is 0 Å². The molecular formula is C26H20Cl2N2Ni. The van der Waals surface area contributed by atoms with Crippen molar-refractivity contribution in [2.45, 2.75) is 13.8 Å². The molecule has 3 aromatic carbocycles. The molecule has 0 fully saturated rings. The first-order valence-corrected chi connectivity index (χ1v) is 12.5. The first kappa shape index (κ1) is 21.8. The second-order valence-electron chi connectivity index (χ2n) is 7.26. The molecule has 0 atom stereocenters. The summed E-state index contributed by atoms with van der Waals surface area (Å²) in [5.41, 5.74) is 8.76. The summed E-state index contributed by atoms with van der Waals surface area (Å²) in [6.07, 6.45) is 0. The fourth-order valence-corrected chi connectivity index (χ4v) is 3.94. The van der Waals surface area contributed by atoms with Crippen molar-refractivity contribution in [3.05, 3.63) is 96.3 Å².